The summed E-state index contributed by atoms with van der Waals surface area (Å²) in [6.45, 7) is 2.51. The smallest absolute Gasteiger partial charge is 0.472 e. The van der Waals surface area contributed by atoms with Crippen LogP contribution in [0.5, 0.6) is 0 Å². The van der Waals surface area contributed by atoms with Crippen molar-refractivity contribution in [1.29, 1.82) is 0 Å². The maximum atomic E-state index is 12.6. The van der Waals surface area contributed by atoms with Crippen molar-refractivity contribution < 1.29 is 47.5 Å². The Morgan fingerprint density at radius 2 is 0.983 bits per heavy atom. The van der Waals surface area contributed by atoms with Gasteiger partial charge in [0.1, 0.15) is 12.6 Å². The number of aliphatic carboxylic acids is 1. The lowest BCUT2D eigenvalue weighted by atomic mass is 10.2. The fourth-order valence-corrected chi connectivity index (χ4v) is 5.52. The molecule has 0 aromatic rings. The highest BCUT2D eigenvalue weighted by atomic mass is 31.2. The second-order valence-electron chi connectivity index (χ2n) is 13.4. The highest BCUT2D eigenvalue weighted by Crippen LogP contribution is 2.43. The monoisotopic (exact) mass is 829 g/mol. The summed E-state index contributed by atoms with van der Waals surface area (Å²) in [4.78, 5) is 45.9. The molecule has 58 heavy (non-hydrogen) atoms. The van der Waals surface area contributed by atoms with Crippen molar-refractivity contribution in [3.05, 3.63) is 109 Å². The molecule has 0 bridgehead atoms. The predicted octanol–water partition coefficient (Wildman–Crippen LogP) is 11.1. The second kappa shape index (κ2) is 39.9. The number of carbonyl (C=O) groups excluding carboxylic acids is 2. The maximum Gasteiger partial charge on any atom is 0.472 e. The Morgan fingerprint density at radius 3 is 1.45 bits per heavy atom. The summed E-state index contributed by atoms with van der Waals surface area (Å²) in [6, 6.07) is -1.54. The lowest BCUT2D eigenvalue weighted by molar-refractivity contribution is -0.161. The van der Waals surface area contributed by atoms with E-state index in [1.54, 1.807) is 0 Å². The number of unbranched alkanes of at least 4 members (excludes halogenated alkanes) is 5. The Hall–Kier alpha value is -3.86. The molecule has 0 heterocycles. The van der Waals surface area contributed by atoms with Crippen molar-refractivity contribution in [3.63, 3.8) is 0 Å². The zero-order valence-electron chi connectivity index (χ0n) is 35.1. The fraction of sp³-hybridized carbons (Fsp3) is 0.543. The molecular formula is C46H72NO10P. The largest absolute Gasteiger partial charge is 0.480 e. The number of rotatable bonds is 37. The number of phosphoric acid groups is 1. The number of hydrogen-bond donors (Lipinski definition) is 3. The van der Waals surface area contributed by atoms with Gasteiger partial charge in [-0.3, -0.25) is 23.4 Å². The minimum absolute atomic E-state index is 0.0820. The minimum Gasteiger partial charge on any atom is -0.480 e. The van der Waals surface area contributed by atoms with E-state index in [0.29, 0.717) is 12.8 Å². The van der Waals surface area contributed by atoms with Crippen LogP contribution in [-0.2, 0) is 37.5 Å². The fourth-order valence-electron chi connectivity index (χ4n) is 4.74. The van der Waals surface area contributed by atoms with Crippen LogP contribution in [-0.4, -0.2) is 59.9 Å². The van der Waals surface area contributed by atoms with Crippen molar-refractivity contribution in [2.45, 2.75) is 142 Å². The number of nitrogens with two attached hydrogens (primary N) is 1. The van der Waals surface area contributed by atoms with Crippen molar-refractivity contribution in [2.24, 2.45) is 5.73 Å². The van der Waals surface area contributed by atoms with E-state index in [2.05, 4.69) is 116 Å². The van der Waals surface area contributed by atoms with Gasteiger partial charge in [0.05, 0.1) is 13.2 Å². The summed E-state index contributed by atoms with van der Waals surface area (Å²) >= 11 is 0. The Kier molecular flexibility index (Phi) is 37.3. The van der Waals surface area contributed by atoms with Crippen LogP contribution in [0.3, 0.4) is 0 Å². The molecule has 0 fully saturated rings. The third-order valence-corrected chi connectivity index (χ3v) is 8.97. The summed E-state index contributed by atoms with van der Waals surface area (Å²) in [7, 11) is -4.75. The van der Waals surface area contributed by atoms with Crippen molar-refractivity contribution in [2.75, 3.05) is 19.8 Å². The molecule has 326 valence electrons. The number of allylic oxidation sites excluding steroid dienone is 18. The number of carbonyl (C=O) groups is 3. The van der Waals surface area contributed by atoms with Gasteiger partial charge in [-0.25, -0.2) is 4.57 Å². The van der Waals surface area contributed by atoms with Crippen LogP contribution in [0.4, 0.5) is 0 Å². The Bertz CT molecular complexity index is 1390. The van der Waals surface area contributed by atoms with Gasteiger partial charge in [-0.15, -0.1) is 0 Å². The van der Waals surface area contributed by atoms with Crippen molar-refractivity contribution in [3.8, 4) is 0 Å². The highest BCUT2D eigenvalue weighted by Gasteiger charge is 2.28. The Morgan fingerprint density at radius 1 is 0.552 bits per heavy atom. The number of phosphoric ester groups is 1. The van der Waals surface area contributed by atoms with Crippen molar-refractivity contribution in [1.82, 2.24) is 0 Å². The molecule has 0 amide bonds. The SMILES string of the molecule is CC/C=C/C/C=C/C/C=C/C/C=C/CCCCC(=O)O[C@H](COC(=O)CC/C=C/C/C=C/C/C=C/C/C=C/C/C=C/CCCCC)COP(=O)(O)OC[C@H](N)C(=O)O. The summed E-state index contributed by atoms with van der Waals surface area (Å²) in [6.07, 6.45) is 51.7. The van der Waals surface area contributed by atoms with Crippen LogP contribution in [0, 0.1) is 0 Å². The number of ether oxygens (including phenoxy) is 2. The first-order valence-corrected chi connectivity index (χ1v) is 22.4. The zero-order valence-corrected chi connectivity index (χ0v) is 36.0. The molecular weight excluding hydrogens is 757 g/mol. The number of carboxylic acids is 1. The highest BCUT2D eigenvalue weighted by molar-refractivity contribution is 7.47. The van der Waals surface area contributed by atoms with Crippen LogP contribution in [0.1, 0.15) is 129 Å². The first kappa shape index (κ1) is 54.1. The third kappa shape index (κ3) is 39.0. The maximum absolute atomic E-state index is 12.6. The van der Waals surface area contributed by atoms with Crippen LogP contribution >= 0.6 is 7.82 Å². The van der Waals surface area contributed by atoms with Gasteiger partial charge in [-0.2, -0.15) is 0 Å². The topological polar surface area (TPSA) is 172 Å². The molecule has 3 atom stereocenters. The normalized spacial score (nSPS) is 14.8. The minimum atomic E-state index is -4.75. The number of carboxylic acid groups (broad SMARTS) is 1. The van der Waals surface area contributed by atoms with Gasteiger partial charge >= 0.3 is 25.7 Å². The molecule has 0 rings (SSSR count). The lowest BCUT2D eigenvalue weighted by Gasteiger charge is -2.20. The summed E-state index contributed by atoms with van der Waals surface area (Å²) in [5.74, 6) is -2.56. The van der Waals surface area contributed by atoms with Crippen LogP contribution in [0.25, 0.3) is 0 Å². The van der Waals surface area contributed by atoms with E-state index in [1.807, 2.05) is 12.2 Å². The zero-order chi connectivity index (χ0) is 42.8. The van der Waals surface area contributed by atoms with Gasteiger partial charge < -0.3 is 25.2 Å². The van der Waals surface area contributed by atoms with Crippen molar-refractivity contribution >= 4 is 25.7 Å². The molecule has 0 aliphatic heterocycles. The van der Waals surface area contributed by atoms with Gasteiger partial charge in [-0.1, -0.05) is 136 Å². The molecule has 0 aliphatic carbocycles. The van der Waals surface area contributed by atoms with E-state index in [0.717, 1.165) is 70.6 Å². The first-order valence-electron chi connectivity index (χ1n) is 20.9. The molecule has 0 aliphatic rings. The van der Waals surface area contributed by atoms with Crippen LogP contribution < -0.4 is 5.73 Å². The molecule has 4 N–H and O–H groups in total. The standard InChI is InChI=1S/C46H72NO10P/c1-3-5-7-9-11-13-15-17-19-20-21-22-24-25-27-29-31-33-35-37-44(48)54-39-42(40-55-58(52,53)56-41-43(47)46(50)51)57-45(49)38-36-34-32-30-28-26-23-18-16-14-12-10-8-6-4-2/h6,8,11-14,17-19,21-23,25,27-28,30-31,33,42-43H,3-5,7,9-10,15-16,20,24,26,29,32,34-41,47H2,1-2H3,(H,50,51)(H,52,53)/b8-6+,13-11+,14-12+,19-17+,22-21+,23-18+,27-25+,30-28+,33-31+/t42-,43+/m1/s1. The molecule has 0 spiro atoms. The second-order valence-corrected chi connectivity index (χ2v) is 14.8. The lowest BCUT2D eigenvalue weighted by Crippen LogP contribution is -2.34. The van der Waals surface area contributed by atoms with Crippen LogP contribution in [0.2, 0.25) is 0 Å². The summed E-state index contributed by atoms with van der Waals surface area (Å²) in [5.41, 5.74) is 5.32. The van der Waals surface area contributed by atoms with Gasteiger partial charge in [0.15, 0.2) is 6.10 Å². The van der Waals surface area contributed by atoms with E-state index in [9.17, 15) is 23.8 Å². The number of esters is 2. The van der Waals surface area contributed by atoms with Gasteiger partial charge in [-0.05, 0) is 89.9 Å². The van der Waals surface area contributed by atoms with Gasteiger partial charge in [0.2, 0.25) is 0 Å². The third-order valence-electron chi connectivity index (χ3n) is 8.02. The van der Waals surface area contributed by atoms with E-state index in [-0.39, 0.29) is 12.8 Å². The van der Waals surface area contributed by atoms with E-state index in [4.69, 9.17) is 24.8 Å². The molecule has 0 radical (unpaired) electrons. The molecule has 0 saturated carbocycles. The Balaban J connectivity index is 4.60. The van der Waals surface area contributed by atoms with Gasteiger partial charge in [0.25, 0.3) is 0 Å². The average molecular weight is 830 g/mol. The summed E-state index contributed by atoms with van der Waals surface area (Å²) in [5, 5.41) is 8.88. The predicted molar refractivity (Wildman–Crippen MR) is 235 cm³/mol. The van der Waals surface area contributed by atoms with E-state index in [1.165, 1.54) is 19.3 Å². The molecule has 0 aromatic heterocycles. The molecule has 12 heteroatoms. The molecule has 0 saturated heterocycles. The molecule has 11 nitrogen and oxygen atoms in total. The average Bonchev–Trinajstić information content (AvgIpc) is 3.20. The molecule has 1 unspecified atom stereocenters. The van der Waals surface area contributed by atoms with E-state index < -0.39 is 57.7 Å². The summed E-state index contributed by atoms with van der Waals surface area (Å²) < 4.78 is 32.5. The molecule has 0 aromatic carbocycles. The Labute approximate surface area is 348 Å². The van der Waals surface area contributed by atoms with E-state index >= 15 is 0 Å². The quantitative estimate of drug-likeness (QED) is 0.0235. The van der Waals surface area contributed by atoms with Crippen LogP contribution in [0.15, 0.2) is 109 Å². The first-order chi connectivity index (χ1) is 28.1. The number of hydrogen-bond acceptors (Lipinski definition) is 9. The van der Waals surface area contributed by atoms with Gasteiger partial charge in [0, 0.05) is 12.8 Å².